The number of likely N-dealkylation sites (tertiary alicyclic amines) is 1. The van der Waals surface area contributed by atoms with Gasteiger partial charge >= 0.3 is 6.09 Å². The van der Waals surface area contributed by atoms with Gasteiger partial charge in [-0.05, 0) is 52.7 Å². The van der Waals surface area contributed by atoms with Gasteiger partial charge < -0.3 is 14.4 Å². The minimum absolute atomic E-state index is 0.0471. The van der Waals surface area contributed by atoms with Crippen LogP contribution in [0.15, 0.2) is 30.3 Å². The highest BCUT2D eigenvalue weighted by Gasteiger charge is 2.28. The number of fused-ring (bicyclic) bond motifs is 1. The molecule has 1 aromatic heterocycles. The van der Waals surface area contributed by atoms with Gasteiger partial charge in [0, 0.05) is 17.6 Å². The molecule has 0 N–H and O–H groups in total. The van der Waals surface area contributed by atoms with Gasteiger partial charge in [0.05, 0.1) is 6.54 Å². The molecule has 1 atom stereocenters. The van der Waals surface area contributed by atoms with Gasteiger partial charge in [0.1, 0.15) is 23.0 Å². The highest BCUT2D eigenvalue weighted by molar-refractivity contribution is 5.84. The summed E-state index contributed by atoms with van der Waals surface area (Å²) >= 11 is 0. The molecule has 0 spiro atoms. The van der Waals surface area contributed by atoms with Crippen molar-refractivity contribution in [2.24, 2.45) is 0 Å². The number of aromatic nitrogens is 1. The highest BCUT2D eigenvalue weighted by atomic mass is 16.6. The topological polar surface area (TPSA) is 51.7 Å². The van der Waals surface area contributed by atoms with Crippen molar-refractivity contribution in [2.75, 3.05) is 13.1 Å². The molecule has 0 radical (unpaired) electrons. The SMILES string of the molecule is Cc1ccc2cccc(OC3CCCN(C(=O)OC(C)(C)C)C3)c2n1. The van der Waals surface area contributed by atoms with Gasteiger partial charge in [-0.25, -0.2) is 9.78 Å². The summed E-state index contributed by atoms with van der Waals surface area (Å²) in [6.45, 7) is 8.87. The Balaban J connectivity index is 1.73. The van der Waals surface area contributed by atoms with Gasteiger partial charge in [-0.3, -0.25) is 0 Å². The molecule has 1 saturated heterocycles. The summed E-state index contributed by atoms with van der Waals surface area (Å²) in [5.74, 6) is 0.775. The molecule has 0 aliphatic carbocycles. The first-order valence-corrected chi connectivity index (χ1v) is 8.83. The number of nitrogens with zero attached hydrogens (tertiary/aromatic N) is 2. The second-order valence-electron chi connectivity index (χ2n) is 7.59. The van der Waals surface area contributed by atoms with E-state index >= 15 is 0 Å². The molecule has 5 heteroatoms. The first-order chi connectivity index (χ1) is 11.8. The van der Waals surface area contributed by atoms with Crippen LogP contribution in [-0.4, -0.2) is 40.8 Å². The molecule has 5 nitrogen and oxygen atoms in total. The second-order valence-corrected chi connectivity index (χ2v) is 7.59. The Kier molecular flexibility index (Phi) is 4.84. The zero-order valence-corrected chi connectivity index (χ0v) is 15.4. The third kappa shape index (κ3) is 4.41. The predicted molar refractivity (Wildman–Crippen MR) is 97.9 cm³/mol. The number of carbonyl (C=O) groups excluding carboxylic acids is 1. The van der Waals surface area contributed by atoms with Crippen LogP contribution in [-0.2, 0) is 4.74 Å². The van der Waals surface area contributed by atoms with E-state index in [4.69, 9.17) is 9.47 Å². The monoisotopic (exact) mass is 342 g/mol. The fourth-order valence-electron chi connectivity index (χ4n) is 3.02. The van der Waals surface area contributed by atoms with Crippen molar-refractivity contribution < 1.29 is 14.3 Å². The molecule has 1 amide bonds. The molecule has 1 unspecified atom stereocenters. The van der Waals surface area contributed by atoms with Crippen molar-refractivity contribution >= 4 is 17.0 Å². The minimum atomic E-state index is -0.484. The van der Waals surface area contributed by atoms with E-state index in [1.54, 1.807) is 4.90 Å². The van der Waals surface area contributed by atoms with Gasteiger partial charge in [-0.2, -0.15) is 0 Å². The average Bonchev–Trinajstić information content (AvgIpc) is 2.54. The number of carbonyl (C=O) groups is 1. The second kappa shape index (κ2) is 6.90. The summed E-state index contributed by atoms with van der Waals surface area (Å²) in [4.78, 5) is 18.7. The zero-order valence-electron chi connectivity index (χ0n) is 15.4. The maximum Gasteiger partial charge on any atom is 0.410 e. The molecule has 1 aliphatic heterocycles. The lowest BCUT2D eigenvalue weighted by molar-refractivity contribution is 0.00792. The summed E-state index contributed by atoms with van der Waals surface area (Å²) in [5.41, 5.74) is 1.35. The lowest BCUT2D eigenvalue weighted by atomic mass is 10.1. The van der Waals surface area contributed by atoms with Gasteiger partial charge in [-0.1, -0.05) is 18.2 Å². The Morgan fingerprint density at radius 3 is 2.80 bits per heavy atom. The number of piperidine rings is 1. The molecular weight excluding hydrogens is 316 g/mol. The van der Waals surface area contributed by atoms with Crippen LogP contribution in [0.3, 0.4) is 0 Å². The number of ether oxygens (including phenoxy) is 2. The maximum absolute atomic E-state index is 12.3. The Bertz CT molecular complexity index is 767. The van der Waals surface area contributed by atoms with E-state index in [1.165, 1.54) is 0 Å². The van der Waals surface area contributed by atoms with Crippen molar-refractivity contribution in [3.63, 3.8) is 0 Å². The number of aryl methyl sites for hydroxylation is 1. The molecule has 2 aromatic rings. The van der Waals surface area contributed by atoms with Crippen molar-refractivity contribution in [3.8, 4) is 5.75 Å². The normalized spacial score (nSPS) is 18.2. The van der Waals surface area contributed by atoms with E-state index in [0.717, 1.165) is 35.2 Å². The van der Waals surface area contributed by atoms with Crippen LogP contribution >= 0.6 is 0 Å². The van der Waals surface area contributed by atoms with Crippen LogP contribution in [0.25, 0.3) is 10.9 Å². The molecule has 2 heterocycles. The maximum atomic E-state index is 12.3. The number of amides is 1. The van der Waals surface area contributed by atoms with E-state index in [0.29, 0.717) is 13.1 Å². The van der Waals surface area contributed by atoms with Crippen LogP contribution in [0.1, 0.15) is 39.3 Å². The smallest absolute Gasteiger partial charge is 0.410 e. The third-order valence-electron chi connectivity index (χ3n) is 4.15. The van der Waals surface area contributed by atoms with Crippen LogP contribution in [0, 0.1) is 6.92 Å². The van der Waals surface area contributed by atoms with Crippen LogP contribution in [0.2, 0.25) is 0 Å². The van der Waals surface area contributed by atoms with E-state index < -0.39 is 5.60 Å². The Morgan fingerprint density at radius 2 is 2.04 bits per heavy atom. The average molecular weight is 342 g/mol. The first-order valence-electron chi connectivity index (χ1n) is 8.83. The number of hydrogen-bond donors (Lipinski definition) is 0. The number of benzene rings is 1. The van der Waals surface area contributed by atoms with Gasteiger partial charge in [0.15, 0.2) is 0 Å². The molecule has 1 aromatic carbocycles. The number of para-hydroxylation sites is 1. The minimum Gasteiger partial charge on any atom is -0.486 e. The summed E-state index contributed by atoms with van der Waals surface area (Å²) in [6, 6.07) is 10.0. The molecule has 0 bridgehead atoms. The molecule has 134 valence electrons. The summed E-state index contributed by atoms with van der Waals surface area (Å²) in [5, 5.41) is 1.06. The van der Waals surface area contributed by atoms with Crippen molar-refractivity contribution in [1.82, 2.24) is 9.88 Å². The highest BCUT2D eigenvalue weighted by Crippen LogP contribution is 2.27. The molecule has 1 fully saturated rings. The largest absolute Gasteiger partial charge is 0.486 e. The van der Waals surface area contributed by atoms with Crippen molar-refractivity contribution in [1.29, 1.82) is 0 Å². The molecule has 1 aliphatic rings. The quantitative estimate of drug-likeness (QED) is 0.815. The van der Waals surface area contributed by atoms with E-state index in [9.17, 15) is 4.79 Å². The summed E-state index contributed by atoms with van der Waals surface area (Å²) < 4.78 is 11.7. The van der Waals surface area contributed by atoms with Gasteiger partial charge in [0.2, 0.25) is 0 Å². The van der Waals surface area contributed by atoms with Crippen molar-refractivity contribution in [3.05, 3.63) is 36.0 Å². The number of pyridine rings is 1. The van der Waals surface area contributed by atoms with Gasteiger partial charge in [-0.15, -0.1) is 0 Å². The summed E-state index contributed by atoms with van der Waals surface area (Å²) in [7, 11) is 0. The van der Waals surface area contributed by atoms with E-state index in [2.05, 4.69) is 11.1 Å². The molecule has 3 rings (SSSR count). The Morgan fingerprint density at radius 1 is 1.24 bits per heavy atom. The van der Waals surface area contributed by atoms with Crippen LogP contribution in [0.5, 0.6) is 5.75 Å². The summed E-state index contributed by atoms with van der Waals surface area (Å²) in [6.07, 6.45) is 1.50. The fraction of sp³-hybridized carbons (Fsp3) is 0.500. The lowest BCUT2D eigenvalue weighted by Crippen LogP contribution is -2.46. The van der Waals surface area contributed by atoms with E-state index in [-0.39, 0.29) is 12.2 Å². The number of hydrogen-bond acceptors (Lipinski definition) is 4. The molecule has 25 heavy (non-hydrogen) atoms. The third-order valence-corrected chi connectivity index (χ3v) is 4.15. The van der Waals surface area contributed by atoms with E-state index in [1.807, 2.05) is 52.0 Å². The Labute approximate surface area is 148 Å². The standard InChI is InChI=1S/C20H26N2O3/c1-14-10-11-15-7-5-9-17(18(15)21-14)24-16-8-6-12-22(13-16)19(23)25-20(2,3)4/h5,7,9-11,16H,6,8,12-13H2,1-4H3. The van der Waals surface area contributed by atoms with Crippen molar-refractivity contribution in [2.45, 2.75) is 52.2 Å². The van der Waals surface area contributed by atoms with Crippen LogP contribution in [0.4, 0.5) is 4.79 Å². The van der Waals surface area contributed by atoms with Crippen LogP contribution < -0.4 is 4.74 Å². The molecule has 0 saturated carbocycles. The Hall–Kier alpha value is -2.30. The fourth-order valence-corrected chi connectivity index (χ4v) is 3.02. The van der Waals surface area contributed by atoms with Gasteiger partial charge in [0.25, 0.3) is 0 Å². The number of rotatable bonds is 2. The lowest BCUT2D eigenvalue weighted by Gasteiger charge is -2.34. The predicted octanol–water partition coefficient (Wildman–Crippen LogP) is 4.32. The molecular formula is C20H26N2O3. The first kappa shape index (κ1) is 17.5. The zero-order chi connectivity index (χ0) is 18.0.